The molecule has 222 valence electrons. The van der Waals surface area contributed by atoms with Crippen molar-refractivity contribution in [1.82, 2.24) is 4.90 Å². The SMILES string of the molecule is COC(=O)c1c(F)cc(OCCCN(Cc2cccc(C(F)(F)F)c2)CC(C)c2ccc(F)cc2)cc1S(C)(=O)=O. The van der Waals surface area contributed by atoms with E-state index in [-0.39, 0.29) is 30.6 Å². The first kappa shape index (κ1) is 32.0. The third-order valence-corrected chi connectivity index (χ3v) is 7.46. The van der Waals surface area contributed by atoms with Crippen molar-refractivity contribution in [2.75, 3.05) is 33.1 Å². The molecule has 0 N–H and O–H groups in total. The lowest BCUT2D eigenvalue weighted by Crippen LogP contribution is -2.29. The first-order valence-corrected chi connectivity index (χ1v) is 14.5. The fourth-order valence-electron chi connectivity index (χ4n) is 4.34. The van der Waals surface area contributed by atoms with Gasteiger partial charge in [0, 0.05) is 32.0 Å². The van der Waals surface area contributed by atoms with E-state index in [4.69, 9.17) is 4.74 Å². The van der Waals surface area contributed by atoms with Gasteiger partial charge in [0.25, 0.3) is 0 Å². The number of benzene rings is 3. The Kier molecular flexibility index (Phi) is 10.5. The van der Waals surface area contributed by atoms with Gasteiger partial charge in [-0.2, -0.15) is 13.2 Å². The van der Waals surface area contributed by atoms with Crippen LogP contribution in [0.1, 0.15) is 46.3 Å². The van der Waals surface area contributed by atoms with Crippen LogP contribution in [0.2, 0.25) is 0 Å². The molecule has 0 saturated heterocycles. The van der Waals surface area contributed by atoms with Crippen LogP contribution in [0.3, 0.4) is 0 Å². The minimum atomic E-state index is -4.49. The van der Waals surface area contributed by atoms with Crippen LogP contribution in [0.4, 0.5) is 22.0 Å². The lowest BCUT2D eigenvalue weighted by molar-refractivity contribution is -0.137. The number of ether oxygens (including phenoxy) is 2. The smallest absolute Gasteiger partial charge is 0.416 e. The Bertz CT molecular complexity index is 1460. The first-order chi connectivity index (χ1) is 19.2. The van der Waals surface area contributed by atoms with Crippen LogP contribution in [-0.2, 0) is 27.3 Å². The highest BCUT2D eigenvalue weighted by atomic mass is 32.2. The number of hydrogen-bond acceptors (Lipinski definition) is 6. The first-order valence-electron chi connectivity index (χ1n) is 12.6. The van der Waals surface area contributed by atoms with E-state index in [9.17, 15) is 35.2 Å². The molecular formula is C29H30F5NO5S. The van der Waals surface area contributed by atoms with Gasteiger partial charge in [-0.05, 0) is 47.7 Å². The van der Waals surface area contributed by atoms with Crippen LogP contribution in [0, 0.1) is 11.6 Å². The van der Waals surface area contributed by atoms with Gasteiger partial charge in [0.1, 0.15) is 22.9 Å². The topological polar surface area (TPSA) is 72.9 Å². The van der Waals surface area contributed by atoms with E-state index < -0.39 is 43.8 Å². The average molecular weight is 600 g/mol. The molecule has 12 heteroatoms. The molecular weight excluding hydrogens is 569 g/mol. The molecule has 3 rings (SSSR count). The van der Waals surface area contributed by atoms with Crippen LogP contribution in [0.25, 0.3) is 0 Å². The van der Waals surface area contributed by atoms with Crippen molar-refractivity contribution < 1.29 is 44.6 Å². The van der Waals surface area contributed by atoms with Crippen LogP contribution < -0.4 is 4.74 Å². The summed E-state index contributed by atoms with van der Waals surface area (Å²) in [4.78, 5) is 13.3. The highest BCUT2D eigenvalue weighted by molar-refractivity contribution is 7.90. The van der Waals surface area contributed by atoms with Gasteiger partial charge in [-0.15, -0.1) is 0 Å². The Labute approximate surface area is 235 Å². The summed E-state index contributed by atoms with van der Waals surface area (Å²) >= 11 is 0. The van der Waals surface area contributed by atoms with E-state index in [0.29, 0.717) is 25.1 Å². The maximum absolute atomic E-state index is 14.6. The summed E-state index contributed by atoms with van der Waals surface area (Å²) in [6.45, 7) is 2.92. The average Bonchev–Trinajstić information content (AvgIpc) is 2.89. The van der Waals surface area contributed by atoms with Crippen molar-refractivity contribution >= 4 is 15.8 Å². The van der Waals surface area contributed by atoms with E-state index in [1.807, 2.05) is 11.8 Å². The van der Waals surface area contributed by atoms with E-state index in [1.165, 1.54) is 18.2 Å². The van der Waals surface area contributed by atoms with Crippen molar-refractivity contribution in [3.8, 4) is 5.75 Å². The summed E-state index contributed by atoms with van der Waals surface area (Å²) in [7, 11) is -3.00. The molecule has 6 nitrogen and oxygen atoms in total. The van der Waals surface area contributed by atoms with E-state index in [2.05, 4.69) is 4.74 Å². The molecule has 0 heterocycles. The van der Waals surface area contributed by atoms with E-state index in [0.717, 1.165) is 43.2 Å². The molecule has 0 radical (unpaired) electrons. The molecule has 0 saturated carbocycles. The normalized spacial score (nSPS) is 12.8. The highest BCUT2D eigenvalue weighted by Gasteiger charge is 2.30. The van der Waals surface area contributed by atoms with Crippen LogP contribution in [-0.4, -0.2) is 52.3 Å². The largest absolute Gasteiger partial charge is 0.493 e. The Morgan fingerprint density at radius 3 is 2.32 bits per heavy atom. The van der Waals surface area contributed by atoms with Gasteiger partial charge in [-0.25, -0.2) is 22.0 Å². The molecule has 3 aromatic carbocycles. The van der Waals surface area contributed by atoms with Crippen molar-refractivity contribution in [2.24, 2.45) is 0 Å². The van der Waals surface area contributed by atoms with Gasteiger partial charge in [-0.3, -0.25) is 4.90 Å². The zero-order valence-electron chi connectivity index (χ0n) is 22.7. The zero-order chi connectivity index (χ0) is 30.4. The molecule has 0 aliphatic carbocycles. The Morgan fingerprint density at radius 2 is 1.71 bits per heavy atom. The third-order valence-electron chi connectivity index (χ3n) is 6.34. The molecule has 3 aromatic rings. The van der Waals surface area contributed by atoms with Gasteiger partial charge >= 0.3 is 12.1 Å². The molecule has 41 heavy (non-hydrogen) atoms. The fraction of sp³-hybridized carbons (Fsp3) is 0.345. The summed E-state index contributed by atoms with van der Waals surface area (Å²) in [6.07, 6.45) is -3.31. The zero-order valence-corrected chi connectivity index (χ0v) is 23.5. The van der Waals surface area contributed by atoms with Crippen LogP contribution in [0.5, 0.6) is 5.75 Å². The quantitative estimate of drug-likeness (QED) is 0.139. The number of methoxy groups -OCH3 is 1. The molecule has 0 fully saturated rings. The standard InChI is InChI=1S/C29H30F5NO5S/c1-19(21-8-10-23(30)11-9-21)17-35(18-20-6-4-7-22(14-20)29(32,33)34)12-5-13-40-24-15-25(31)27(28(36)39-2)26(16-24)41(3,37)38/h4,6-11,14-16,19H,5,12-13,17-18H2,1-3H3. The summed E-state index contributed by atoms with van der Waals surface area (Å²) in [5.41, 5.74) is -0.176. The second-order valence-electron chi connectivity index (χ2n) is 9.63. The predicted octanol–water partition coefficient (Wildman–Crippen LogP) is 6.25. The van der Waals surface area contributed by atoms with Gasteiger partial charge in [-0.1, -0.05) is 37.3 Å². The molecule has 1 unspecified atom stereocenters. The minimum absolute atomic E-state index is 0.0181. The Morgan fingerprint density at radius 1 is 1.02 bits per heavy atom. The molecule has 0 aliphatic rings. The molecule has 0 spiro atoms. The lowest BCUT2D eigenvalue weighted by atomic mass is 10.00. The number of carbonyl (C=O) groups excluding carboxylic acids is 1. The lowest BCUT2D eigenvalue weighted by Gasteiger charge is -2.26. The molecule has 0 bridgehead atoms. The van der Waals surface area contributed by atoms with Gasteiger partial charge in [0.2, 0.25) is 0 Å². The highest BCUT2D eigenvalue weighted by Crippen LogP contribution is 2.30. The van der Waals surface area contributed by atoms with Crippen molar-refractivity contribution in [3.05, 3.63) is 94.6 Å². The van der Waals surface area contributed by atoms with Crippen molar-refractivity contribution in [2.45, 2.75) is 36.9 Å². The van der Waals surface area contributed by atoms with Gasteiger partial charge in [0.15, 0.2) is 9.84 Å². The number of hydrogen-bond donors (Lipinski definition) is 0. The van der Waals surface area contributed by atoms with E-state index in [1.54, 1.807) is 18.2 Å². The second kappa shape index (κ2) is 13.4. The van der Waals surface area contributed by atoms with Crippen molar-refractivity contribution in [3.63, 3.8) is 0 Å². The summed E-state index contributed by atoms with van der Waals surface area (Å²) in [5, 5.41) is 0. The van der Waals surface area contributed by atoms with Gasteiger partial charge in [0.05, 0.1) is 24.2 Å². The van der Waals surface area contributed by atoms with Crippen molar-refractivity contribution in [1.29, 1.82) is 0 Å². The fourth-order valence-corrected chi connectivity index (χ4v) is 5.22. The monoisotopic (exact) mass is 599 g/mol. The second-order valence-corrected chi connectivity index (χ2v) is 11.6. The number of halogens is 5. The Balaban J connectivity index is 1.75. The number of sulfone groups is 1. The molecule has 1 atom stereocenters. The number of alkyl halides is 3. The molecule has 0 aromatic heterocycles. The minimum Gasteiger partial charge on any atom is -0.493 e. The molecule has 0 aliphatic heterocycles. The number of rotatable bonds is 12. The van der Waals surface area contributed by atoms with Gasteiger partial charge < -0.3 is 9.47 Å². The van der Waals surface area contributed by atoms with Crippen LogP contribution >= 0.6 is 0 Å². The number of carbonyl (C=O) groups is 1. The number of nitrogens with zero attached hydrogens (tertiary/aromatic N) is 1. The maximum atomic E-state index is 14.6. The summed E-state index contributed by atoms with van der Waals surface area (Å²) in [5.74, 6) is -2.84. The Hall–Kier alpha value is -3.51. The van der Waals surface area contributed by atoms with E-state index >= 15 is 0 Å². The third kappa shape index (κ3) is 8.99. The maximum Gasteiger partial charge on any atom is 0.416 e. The summed E-state index contributed by atoms with van der Waals surface area (Å²) in [6, 6.07) is 12.9. The number of esters is 1. The summed E-state index contributed by atoms with van der Waals surface area (Å²) < 4.78 is 102. The predicted molar refractivity (Wildman–Crippen MR) is 142 cm³/mol. The molecule has 0 amide bonds. The van der Waals surface area contributed by atoms with Crippen LogP contribution in [0.15, 0.2) is 65.6 Å².